The average Bonchev–Trinajstić information content (AvgIpc) is 2.38. The first kappa shape index (κ1) is 16.6. The van der Waals surface area contributed by atoms with Crippen LogP contribution in [0.1, 0.15) is 12.7 Å². The molecule has 1 rings (SSSR count). The molecule has 1 atom stereocenters. The molecule has 0 aliphatic heterocycles. The van der Waals surface area contributed by atoms with Gasteiger partial charge in [0.25, 0.3) is 0 Å². The maximum absolute atomic E-state index is 11.8. The van der Waals surface area contributed by atoms with E-state index in [4.69, 9.17) is 21.1 Å². The van der Waals surface area contributed by atoms with Crippen molar-refractivity contribution < 1.29 is 14.3 Å². The lowest BCUT2D eigenvalue weighted by Crippen LogP contribution is -2.39. The Bertz CT molecular complexity index is 445. The van der Waals surface area contributed by atoms with Gasteiger partial charge in [-0.25, -0.2) is 9.97 Å². The fourth-order valence-electron chi connectivity index (χ4n) is 1.45. The molecule has 0 saturated heterocycles. The first-order valence-corrected chi connectivity index (χ1v) is 6.50. The predicted molar refractivity (Wildman–Crippen MR) is 75.7 cm³/mol. The zero-order chi connectivity index (χ0) is 15.0. The molecule has 0 aliphatic rings. The molecule has 0 spiro atoms. The third-order valence-electron chi connectivity index (χ3n) is 2.38. The topological polar surface area (TPSA) is 85.4 Å². The molecule has 112 valence electrons. The first-order chi connectivity index (χ1) is 9.56. The molecule has 0 aromatic carbocycles. The number of aromatic nitrogens is 2. The lowest BCUT2D eigenvalue weighted by atomic mass is 10.3. The number of nitrogens with zero attached hydrogens (tertiary/aromatic N) is 2. The highest BCUT2D eigenvalue weighted by Gasteiger charge is 2.13. The van der Waals surface area contributed by atoms with Crippen molar-refractivity contribution in [1.29, 1.82) is 0 Å². The van der Waals surface area contributed by atoms with Crippen LogP contribution in [-0.2, 0) is 20.9 Å². The van der Waals surface area contributed by atoms with Crippen LogP contribution in [0, 0.1) is 0 Å². The van der Waals surface area contributed by atoms with Crippen molar-refractivity contribution in [3.63, 3.8) is 0 Å². The molecule has 0 aliphatic carbocycles. The Balaban J connectivity index is 2.60. The molecule has 1 aromatic heterocycles. The molecule has 1 aromatic rings. The Morgan fingerprint density at radius 2 is 2.15 bits per heavy atom. The molecule has 0 bridgehead atoms. The number of anilines is 1. The van der Waals surface area contributed by atoms with Gasteiger partial charge < -0.3 is 20.1 Å². The highest BCUT2D eigenvalue weighted by Crippen LogP contribution is 2.13. The summed E-state index contributed by atoms with van der Waals surface area (Å²) in [5.74, 6) is 0.783. The zero-order valence-electron chi connectivity index (χ0n) is 11.8. The maximum Gasteiger partial charge on any atom is 0.242 e. The van der Waals surface area contributed by atoms with E-state index in [0.717, 1.165) is 0 Å². The number of nitrogens with one attached hydrogen (secondary N) is 2. The highest BCUT2D eigenvalue weighted by atomic mass is 35.5. The average molecular weight is 303 g/mol. The van der Waals surface area contributed by atoms with Crippen molar-refractivity contribution in [2.24, 2.45) is 0 Å². The number of methoxy groups -OCH3 is 2. The van der Waals surface area contributed by atoms with Crippen LogP contribution >= 0.6 is 11.6 Å². The first-order valence-electron chi connectivity index (χ1n) is 6.12. The smallest absolute Gasteiger partial charge is 0.242 e. The van der Waals surface area contributed by atoms with E-state index in [0.29, 0.717) is 29.9 Å². The summed E-state index contributed by atoms with van der Waals surface area (Å²) >= 11 is 5.89. The second-order valence-electron chi connectivity index (χ2n) is 4.08. The Morgan fingerprint density at radius 1 is 1.40 bits per heavy atom. The van der Waals surface area contributed by atoms with Crippen molar-refractivity contribution in [2.45, 2.75) is 19.6 Å². The number of carbonyl (C=O) groups is 1. The molecule has 1 unspecified atom stereocenters. The molecule has 0 radical (unpaired) electrons. The van der Waals surface area contributed by atoms with Gasteiger partial charge >= 0.3 is 0 Å². The third-order valence-corrected chi connectivity index (χ3v) is 2.57. The lowest BCUT2D eigenvalue weighted by Gasteiger charge is -2.15. The molecular weight excluding hydrogens is 284 g/mol. The number of halogens is 1. The van der Waals surface area contributed by atoms with Crippen LogP contribution < -0.4 is 10.6 Å². The van der Waals surface area contributed by atoms with E-state index in [-0.39, 0.29) is 12.5 Å². The van der Waals surface area contributed by atoms with Crippen LogP contribution in [-0.4, -0.2) is 49.3 Å². The van der Waals surface area contributed by atoms with E-state index >= 15 is 0 Å². The molecule has 0 fully saturated rings. The lowest BCUT2D eigenvalue weighted by molar-refractivity contribution is -0.121. The van der Waals surface area contributed by atoms with Gasteiger partial charge in [0.15, 0.2) is 5.82 Å². The van der Waals surface area contributed by atoms with Gasteiger partial charge in [-0.3, -0.25) is 4.79 Å². The Hall–Kier alpha value is -1.44. The van der Waals surface area contributed by atoms with E-state index in [2.05, 4.69) is 20.6 Å². The minimum Gasteiger partial charge on any atom is -0.383 e. The minimum absolute atomic E-state index is 0.148. The molecular formula is C12H19ClN4O3. The second-order valence-corrected chi connectivity index (χ2v) is 4.46. The molecule has 1 heterocycles. The summed E-state index contributed by atoms with van der Waals surface area (Å²) in [6.45, 7) is 2.91. The van der Waals surface area contributed by atoms with Crippen molar-refractivity contribution in [2.75, 3.05) is 32.7 Å². The van der Waals surface area contributed by atoms with Gasteiger partial charge in [-0.2, -0.15) is 0 Å². The monoisotopic (exact) mass is 302 g/mol. The van der Waals surface area contributed by atoms with E-state index in [9.17, 15) is 4.79 Å². The molecule has 20 heavy (non-hydrogen) atoms. The van der Waals surface area contributed by atoms with Crippen LogP contribution in [0.4, 0.5) is 5.82 Å². The number of carbonyl (C=O) groups excluding carboxylic acids is 1. The summed E-state index contributed by atoms with van der Waals surface area (Å²) < 4.78 is 9.81. The maximum atomic E-state index is 11.8. The Morgan fingerprint density at radius 3 is 2.80 bits per heavy atom. The van der Waals surface area contributed by atoms with Crippen molar-refractivity contribution >= 4 is 23.3 Å². The molecule has 8 heteroatoms. The van der Waals surface area contributed by atoms with Gasteiger partial charge in [0.2, 0.25) is 5.91 Å². The van der Waals surface area contributed by atoms with E-state index < -0.39 is 6.04 Å². The summed E-state index contributed by atoms with van der Waals surface area (Å²) in [6.07, 6.45) is 0. The Kier molecular flexibility index (Phi) is 7.21. The van der Waals surface area contributed by atoms with Crippen LogP contribution in [0.15, 0.2) is 6.07 Å². The summed E-state index contributed by atoms with van der Waals surface area (Å²) in [5, 5.41) is 5.99. The number of hydrogen-bond donors (Lipinski definition) is 2. The number of amides is 1. The van der Waals surface area contributed by atoms with E-state index in [1.54, 1.807) is 27.2 Å². The largest absolute Gasteiger partial charge is 0.383 e. The summed E-state index contributed by atoms with van der Waals surface area (Å²) in [4.78, 5) is 20.0. The van der Waals surface area contributed by atoms with Crippen LogP contribution in [0.2, 0.25) is 5.15 Å². The summed E-state index contributed by atoms with van der Waals surface area (Å²) in [6, 6.07) is 1.10. The molecule has 1 amide bonds. The van der Waals surface area contributed by atoms with Gasteiger partial charge in [-0.05, 0) is 6.92 Å². The third kappa shape index (κ3) is 5.68. The SMILES string of the molecule is COCCNC(=O)C(C)Nc1cc(Cl)nc(COC)n1. The van der Waals surface area contributed by atoms with E-state index in [1.165, 1.54) is 0 Å². The van der Waals surface area contributed by atoms with Gasteiger partial charge in [-0.1, -0.05) is 11.6 Å². The summed E-state index contributed by atoms with van der Waals surface area (Å²) in [7, 11) is 3.12. The Labute approximate surface area is 123 Å². The van der Waals surface area contributed by atoms with Gasteiger partial charge in [0.05, 0.1) is 6.61 Å². The predicted octanol–water partition coefficient (Wildman–Crippen LogP) is 0.839. The van der Waals surface area contributed by atoms with Crippen LogP contribution in [0.25, 0.3) is 0 Å². The van der Waals surface area contributed by atoms with Crippen LogP contribution in [0.3, 0.4) is 0 Å². The van der Waals surface area contributed by atoms with Gasteiger partial charge in [0.1, 0.15) is 23.6 Å². The summed E-state index contributed by atoms with van der Waals surface area (Å²) in [5.41, 5.74) is 0. The standard InChI is InChI=1S/C12H19ClN4O3/c1-8(12(18)14-4-5-19-2)15-10-6-9(13)16-11(17-10)7-20-3/h6,8H,4-5,7H2,1-3H3,(H,14,18)(H,15,16,17). The number of ether oxygens (including phenoxy) is 2. The number of hydrogen-bond acceptors (Lipinski definition) is 6. The fourth-order valence-corrected chi connectivity index (χ4v) is 1.65. The molecule has 7 nitrogen and oxygen atoms in total. The molecule has 0 saturated carbocycles. The van der Waals surface area contributed by atoms with Crippen molar-refractivity contribution in [3.8, 4) is 0 Å². The molecule has 2 N–H and O–H groups in total. The normalized spacial score (nSPS) is 12.0. The van der Waals surface area contributed by atoms with Crippen LogP contribution in [0.5, 0.6) is 0 Å². The van der Waals surface area contributed by atoms with Gasteiger partial charge in [0, 0.05) is 26.8 Å². The highest BCUT2D eigenvalue weighted by molar-refractivity contribution is 6.29. The zero-order valence-corrected chi connectivity index (χ0v) is 12.5. The second kappa shape index (κ2) is 8.68. The van der Waals surface area contributed by atoms with Crippen molar-refractivity contribution in [1.82, 2.24) is 15.3 Å². The minimum atomic E-state index is -0.451. The van der Waals surface area contributed by atoms with Crippen molar-refractivity contribution in [3.05, 3.63) is 17.0 Å². The fraction of sp³-hybridized carbons (Fsp3) is 0.583. The number of rotatable bonds is 8. The van der Waals surface area contributed by atoms with E-state index in [1.807, 2.05) is 0 Å². The van der Waals surface area contributed by atoms with Gasteiger partial charge in [-0.15, -0.1) is 0 Å². The quantitative estimate of drug-likeness (QED) is 0.547.